The third-order valence-corrected chi connectivity index (χ3v) is 5.53. The molecule has 4 rings (SSSR count). The number of aromatic hydroxyl groups is 1. The molecule has 1 N–H and O–H groups in total. The molecule has 0 unspecified atom stereocenters. The number of aromatic nitrogens is 1. The predicted molar refractivity (Wildman–Crippen MR) is 108 cm³/mol. The Labute approximate surface area is 155 Å². The molecule has 0 amide bonds. The minimum Gasteiger partial charge on any atom is -0.493 e. The van der Waals surface area contributed by atoms with E-state index < -0.39 is 0 Å². The molecule has 124 valence electrons. The number of benzene rings is 2. The van der Waals surface area contributed by atoms with Crippen molar-refractivity contribution in [2.75, 3.05) is 0 Å². The molecule has 2 heterocycles. The van der Waals surface area contributed by atoms with Crippen molar-refractivity contribution in [1.82, 2.24) is 4.57 Å². The maximum Gasteiger partial charge on any atom is 0.215 e. The van der Waals surface area contributed by atoms with Crippen LogP contribution in [-0.4, -0.2) is 15.4 Å². The van der Waals surface area contributed by atoms with E-state index in [4.69, 9.17) is 12.2 Å². The highest BCUT2D eigenvalue weighted by Gasteiger charge is 2.20. The van der Waals surface area contributed by atoms with E-state index in [-0.39, 0.29) is 5.88 Å². The number of allylic oxidation sites excluding steroid dienone is 1. The molecule has 3 aromatic rings. The Hall–Kier alpha value is -2.50. The van der Waals surface area contributed by atoms with Crippen molar-refractivity contribution in [3.8, 4) is 11.6 Å². The molecule has 0 aliphatic carbocycles. The van der Waals surface area contributed by atoms with Crippen LogP contribution in [0.15, 0.2) is 53.5 Å². The number of hydrogen-bond acceptors (Lipinski definition) is 4. The average molecular weight is 364 g/mol. The molecule has 25 heavy (non-hydrogen) atoms. The van der Waals surface area contributed by atoms with E-state index in [1.54, 1.807) is 4.57 Å². The Balaban J connectivity index is 1.86. The maximum absolute atomic E-state index is 10.7. The topological polar surface area (TPSA) is 37.5 Å². The summed E-state index contributed by atoms with van der Waals surface area (Å²) in [5.74, 6) is 0.169. The lowest BCUT2D eigenvalue weighted by atomic mass is 10.0. The summed E-state index contributed by atoms with van der Waals surface area (Å²) in [5.41, 5.74) is 6.10. The summed E-state index contributed by atoms with van der Waals surface area (Å²) in [6, 6.07) is 15.9. The summed E-state index contributed by atoms with van der Waals surface area (Å²) in [6.07, 6.45) is 1.99. The van der Waals surface area contributed by atoms with Crippen molar-refractivity contribution in [3.63, 3.8) is 0 Å². The minimum atomic E-state index is 0.169. The van der Waals surface area contributed by atoms with Gasteiger partial charge in [0.1, 0.15) is 0 Å². The molecule has 0 bridgehead atoms. The van der Waals surface area contributed by atoms with E-state index in [0.717, 1.165) is 33.1 Å². The largest absolute Gasteiger partial charge is 0.493 e. The van der Waals surface area contributed by atoms with Gasteiger partial charge in [-0.2, -0.15) is 0 Å². The molecule has 1 aliphatic rings. The Morgan fingerprint density at radius 3 is 2.64 bits per heavy atom. The van der Waals surface area contributed by atoms with Crippen molar-refractivity contribution in [3.05, 3.63) is 68.5 Å². The van der Waals surface area contributed by atoms with Gasteiger partial charge in [-0.25, -0.2) is 0 Å². The zero-order valence-corrected chi connectivity index (χ0v) is 15.5. The number of para-hydroxylation sites is 1. The van der Waals surface area contributed by atoms with Crippen molar-refractivity contribution in [2.45, 2.75) is 13.8 Å². The van der Waals surface area contributed by atoms with Crippen LogP contribution in [0.3, 0.4) is 0 Å². The molecule has 1 aliphatic heterocycles. The number of hydrogen-bond donors (Lipinski definition) is 1. The summed E-state index contributed by atoms with van der Waals surface area (Å²) in [7, 11) is 0. The summed E-state index contributed by atoms with van der Waals surface area (Å²) < 4.78 is 2.32. The van der Waals surface area contributed by atoms with E-state index in [1.807, 2.05) is 49.4 Å². The van der Waals surface area contributed by atoms with Gasteiger partial charge < -0.3 is 5.11 Å². The fraction of sp³-hybridized carbons (Fsp3) is 0.100. The van der Waals surface area contributed by atoms with Crippen molar-refractivity contribution in [1.29, 1.82) is 0 Å². The maximum atomic E-state index is 10.7. The van der Waals surface area contributed by atoms with Crippen LogP contribution < -0.4 is 0 Å². The molecule has 1 aromatic heterocycles. The van der Waals surface area contributed by atoms with E-state index >= 15 is 0 Å². The van der Waals surface area contributed by atoms with Crippen molar-refractivity contribution >= 4 is 46.6 Å². The second-order valence-electron chi connectivity index (χ2n) is 6.00. The molecule has 0 fully saturated rings. The van der Waals surface area contributed by atoms with Crippen LogP contribution in [0.5, 0.6) is 5.88 Å². The molecule has 0 saturated carbocycles. The lowest BCUT2D eigenvalue weighted by Gasteiger charge is -2.05. The van der Waals surface area contributed by atoms with Crippen LogP contribution >= 0.6 is 23.6 Å². The van der Waals surface area contributed by atoms with Crippen molar-refractivity contribution in [2.24, 2.45) is 4.99 Å². The molecule has 0 radical (unpaired) electrons. The lowest BCUT2D eigenvalue weighted by molar-refractivity contribution is 0.441. The van der Waals surface area contributed by atoms with Gasteiger partial charge in [-0.3, -0.25) is 9.56 Å². The van der Waals surface area contributed by atoms with Gasteiger partial charge in [0.2, 0.25) is 5.88 Å². The quantitative estimate of drug-likeness (QED) is 0.572. The Morgan fingerprint density at radius 1 is 1.12 bits per heavy atom. The zero-order chi connectivity index (χ0) is 17.6. The van der Waals surface area contributed by atoms with Gasteiger partial charge in [0.15, 0.2) is 3.95 Å². The number of fused-ring (bicyclic) bond motifs is 1. The van der Waals surface area contributed by atoms with Crippen LogP contribution in [0.1, 0.15) is 22.9 Å². The minimum absolute atomic E-state index is 0.169. The first kappa shape index (κ1) is 16.0. The Bertz CT molecular complexity index is 1090. The van der Waals surface area contributed by atoms with Gasteiger partial charge in [-0.15, -0.1) is 11.3 Å². The summed E-state index contributed by atoms with van der Waals surface area (Å²) in [4.78, 5) is 5.37. The molecule has 0 spiro atoms. The van der Waals surface area contributed by atoms with Gasteiger partial charge in [0.05, 0.1) is 16.3 Å². The van der Waals surface area contributed by atoms with Gasteiger partial charge >= 0.3 is 0 Å². The number of nitrogens with zero attached hydrogens (tertiary/aromatic N) is 2. The molecule has 5 heteroatoms. The first-order chi connectivity index (χ1) is 12.0. The number of aliphatic imine (C=N–C) groups is 1. The first-order valence-corrected chi connectivity index (χ1v) is 9.15. The molecular weight excluding hydrogens is 348 g/mol. The fourth-order valence-corrected chi connectivity index (χ4v) is 4.28. The SMILES string of the molecule is CC1=Nc2ccc(C)cc2/C1=C/c1sc(=S)n(-c2ccccc2)c1O. The monoisotopic (exact) mass is 364 g/mol. The molecule has 3 nitrogen and oxygen atoms in total. The Kier molecular flexibility index (Phi) is 3.90. The normalized spacial score (nSPS) is 14.6. The predicted octanol–water partition coefficient (Wildman–Crippen LogP) is 5.93. The third kappa shape index (κ3) is 2.75. The standard InChI is InChI=1S/C20H16N2OS2/c1-12-8-9-17-16(10-12)15(13(2)21-17)11-18-19(23)22(20(24)25-18)14-6-4-3-5-7-14/h3-11,23H,1-2H3/b15-11+. The summed E-state index contributed by atoms with van der Waals surface area (Å²) >= 11 is 6.87. The highest BCUT2D eigenvalue weighted by molar-refractivity contribution is 7.73. The molecular formula is C20H16N2OS2. The van der Waals surface area contributed by atoms with Gasteiger partial charge in [-0.05, 0) is 56.4 Å². The van der Waals surface area contributed by atoms with Crippen LogP contribution in [0.25, 0.3) is 17.3 Å². The van der Waals surface area contributed by atoms with Gasteiger partial charge in [0.25, 0.3) is 0 Å². The van der Waals surface area contributed by atoms with Crippen molar-refractivity contribution < 1.29 is 5.11 Å². The summed E-state index contributed by atoms with van der Waals surface area (Å²) in [5, 5.41) is 10.7. The highest BCUT2D eigenvalue weighted by atomic mass is 32.1. The van der Waals surface area contributed by atoms with Gasteiger partial charge in [-0.1, -0.05) is 29.8 Å². The molecule has 2 aromatic carbocycles. The van der Waals surface area contributed by atoms with Gasteiger partial charge in [0, 0.05) is 16.8 Å². The highest BCUT2D eigenvalue weighted by Crippen LogP contribution is 2.39. The van der Waals surface area contributed by atoms with E-state index in [2.05, 4.69) is 24.0 Å². The third-order valence-electron chi connectivity index (χ3n) is 4.22. The number of aryl methyl sites for hydroxylation is 1. The zero-order valence-electron chi connectivity index (χ0n) is 13.9. The molecule has 0 atom stereocenters. The van der Waals surface area contributed by atoms with E-state index in [0.29, 0.717) is 3.95 Å². The number of rotatable bonds is 2. The second kappa shape index (κ2) is 6.10. The van der Waals surface area contributed by atoms with Crippen LogP contribution in [-0.2, 0) is 0 Å². The lowest BCUT2D eigenvalue weighted by Crippen LogP contribution is -1.93. The average Bonchev–Trinajstić information content (AvgIpc) is 3.05. The smallest absolute Gasteiger partial charge is 0.215 e. The number of thiazole rings is 1. The van der Waals surface area contributed by atoms with E-state index in [1.165, 1.54) is 16.9 Å². The van der Waals surface area contributed by atoms with Crippen LogP contribution in [0.4, 0.5) is 5.69 Å². The van der Waals surface area contributed by atoms with Crippen LogP contribution in [0, 0.1) is 10.9 Å². The second-order valence-corrected chi connectivity index (χ2v) is 7.68. The first-order valence-electron chi connectivity index (χ1n) is 7.93. The summed E-state index contributed by atoms with van der Waals surface area (Å²) in [6.45, 7) is 4.06. The van der Waals surface area contributed by atoms with E-state index in [9.17, 15) is 5.11 Å². The van der Waals surface area contributed by atoms with Crippen LogP contribution in [0.2, 0.25) is 0 Å². The Morgan fingerprint density at radius 2 is 1.88 bits per heavy atom. The molecule has 0 saturated heterocycles. The fourth-order valence-electron chi connectivity index (χ4n) is 2.99.